The van der Waals surface area contributed by atoms with Crippen LogP contribution in [0.5, 0.6) is 0 Å². The van der Waals surface area contributed by atoms with Crippen LogP contribution in [0.15, 0.2) is 38.3 Å². The van der Waals surface area contributed by atoms with Crippen molar-refractivity contribution < 1.29 is 4.52 Å². The van der Waals surface area contributed by atoms with Crippen LogP contribution in [-0.4, -0.2) is 59.1 Å². The van der Waals surface area contributed by atoms with Gasteiger partial charge in [0, 0.05) is 50.7 Å². The predicted octanol–water partition coefficient (Wildman–Crippen LogP) is 3.21. The Morgan fingerprint density at radius 1 is 1.26 bits per heavy atom. The van der Waals surface area contributed by atoms with Crippen LogP contribution in [0.25, 0.3) is 0 Å². The minimum Gasteiger partial charge on any atom is -0.349 e. The lowest BCUT2D eigenvalue weighted by molar-refractivity contribution is 0.138. The van der Waals surface area contributed by atoms with Crippen LogP contribution < -0.4 is 5.32 Å². The smallest absolute Gasteiger partial charge is 0.223 e. The van der Waals surface area contributed by atoms with Crippen molar-refractivity contribution in [3.05, 3.63) is 46.0 Å². The quantitative estimate of drug-likeness (QED) is 0.359. The first-order chi connectivity index (χ1) is 12.6. The monoisotopic (exact) mass is 548 g/mol. The van der Waals surface area contributed by atoms with Crippen molar-refractivity contribution >= 4 is 45.9 Å². The molecule has 7 nitrogen and oxygen atoms in total. The van der Waals surface area contributed by atoms with Gasteiger partial charge in [-0.05, 0) is 24.6 Å². The SMILES string of the molecule is CN=C(NCc1noc(C)n1)N1CCN(C(C)c2ccc(Br)cc2)CC1.I. The lowest BCUT2D eigenvalue weighted by atomic mass is 10.1. The highest BCUT2D eigenvalue weighted by Gasteiger charge is 2.23. The van der Waals surface area contributed by atoms with E-state index >= 15 is 0 Å². The topological polar surface area (TPSA) is 69.8 Å². The van der Waals surface area contributed by atoms with Crippen LogP contribution in [0.2, 0.25) is 0 Å². The third-order valence-electron chi connectivity index (χ3n) is 4.70. The minimum absolute atomic E-state index is 0. The summed E-state index contributed by atoms with van der Waals surface area (Å²) in [5.41, 5.74) is 1.34. The fourth-order valence-electron chi connectivity index (χ4n) is 3.18. The summed E-state index contributed by atoms with van der Waals surface area (Å²) in [6, 6.07) is 8.99. The first-order valence-corrected chi connectivity index (χ1v) is 9.60. The number of aliphatic imine (C=N–C) groups is 1. The third-order valence-corrected chi connectivity index (χ3v) is 5.23. The maximum Gasteiger partial charge on any atom is 0.223 e. The molecule has 2 heterocycles. The summed E-state index contributed by atoms with van der Waals surface area (Å²) in [6.07, 6.45) is 0. The summed E-state index contributed by atoms with van der Waals surface area (Å²) in [4.78, 5) is 13.4. The fourth-order valence-corrected chi connectivity index (χ4v) is 3.44. The number of piperazine rings is 1. The number of nitrogens with one attached hydrogen (secondary N) is 1. The molecule has 1 aliphatic heterocycles. The van der Waals surface area contributed by atoms with Crippen molar-refractivity contribution in [2.24, 2.45) is 4.99 Å². The molecule has 0 aliphatic carbocycles. The highest BCUT2D eigenvalue weighted by atomic mass is 127. The van der Waals surface area contributed by atoms with Crippen LogP contribution in [0, 0.1) is 6.92 Å². The van der Waals surface area contributed by atoms with Gasteiger partial charge in [-0.1, -0.05) is 33.2 Å². The second-order valence-corrected chi connectivity index (χ2v) is 7.30. The lowest BCUT2D eigenvalue weighted by Crippen LogP contribution is -2.52. The highest BCUT2D eigenvalue weighted by Crippen LogP contribution is 2.23. The second-order valence-electron chi connectivity index (χ2n) is 6.38. The van der Waals surface area contributed by atoms with Crippen LogP contribution in [0.4, 0.5) is 0 Å². The molecule has 1 saturated heterocycles. The number of nitrogens with zero attached hydrogens (tertiary/aromatic N) is 5. The van der Waals surface area contributed by atoms with Crippen molar-refractivity contribution in [1.82, 2.24) is 25.3 Å². The zero-order valence-corrected chi connectivity index (χ0v) is 19.8. The first-order valence-electron chi connectivity index (χ1n) is 8.81. The number of benzene rings is 1. The Morgan fingerprint density at radius 3 is 2.48 bits per heavy atom. The van der Waals surface area contributed by atoms with E-state index in [0.29, 0.717) is 24.3 Å². The molecule has 0 amide bonds. The van der Waals surface area contributed by atoms with E-state index < -0.39 is 0 Å². The number of halogens is 2. The molecule has 0 bridgehead atoms. The van der Waals surface area contributed by atoms with E-state index in [2.05, 4.69) is 77.4 Å². The Morgan fingerprint density at radius 2 is 1.93 bits per heavy atom. The van der Waals surface area contributed by atoms with Crippen LogP contribution in [0.3, 0.4) is 0 Å². The second kappa shape index (κ2) is 10.4. The predicted molar refractivity (Wildman–Crippen MR) is 120 cm³/mol. The third kappa shape index (κ3) is 5.89. The summed E-state index contributed by atoms with van der Waals surface area (Å²) in [7, 11) is 1.81. The maximum absolute atomic E-state index is 5.00. The van der Waals surface area contributed by atoms with Crippen molar-refractivity contribution in [2.45, 2.75) is 26.4 Å². The molecule has 2 aromatic rings. The molecule has 148 valence electrons. The van der Waals surface area contributed by atoms with Crippen molar-refractivity contribution in [2.75, 3.05) is 33.2 Å². The molecule has 1 atom stereocenters. The summed E-state index contributed by atoms with van der Waals surface area (Å²) in [5, 5.41) is 7.23. The molecule has 1 fully saturated rings. The van der Waals surface area contributed by atoms with Gasteiger partial charge < -0.3 is 14.7 Å². The average molecular weight is 549 g/mol. The molecule has 9 heteroatoms. The lowest BCUT2D eigenvalue weighted by Gasteiger charge is -2.39. The molecule has 0 radical (unpaired) electrons. The fraction of sp³-hybridized carbons (Fsp3) is 0.500. The maximum atomic E-state index is 5.00. The summed E-state index contributed by atoms with van der Waals surface area (Å²) < 4.78 is 6.12. The molecule has 1 aliphatic rings. The Kier molecular flexibility index (Phi) is 8.49. The van der Waals surface area contributed by atoms with Crippen LogP contribution in [-0.2, 0) is 6.54 Å². The number of rotatable bonds is 4. The Hall–Kier alpha value is -1.20. The van der Waals surface area contributed by atoms with Crippen LogP contribution >= 0.6 is 39.9 Å². The highest BCUT2D eigenvalue weighted by molar-refractivity contribution is 14.0. The van der Waals surface area contributed by atoms with Gasteiger partial charge in [-0.15, -0.1) is 24.0 Å². The number of hydrogen-bond donors (Lipinski definition) is 1. The van der Waals surface area contributed by atoms with Gasteiger partial charge in [-0.2, -0.15) is 4.98 Å². The standard InChI is InChI=1S/C18H25BrN6O.HI/c1-13(15-4-6-16(19)7-5-15)24-8-10-25(11-9-24)18(20-3)21-12-17-22-14(2)26-23-17;/h4-7,13H,8-12H2,1-3H3,(H,20,21);1H. The normalized spacial score (nSPS) is 16.7. The van der Waals surface area contributed by atoms with Gasteiger partial charge in [-0.3, -0.25) is 9.89 Å². The average Bonchev–Trinajstić information content (AvgIpc) is 3.08. The van der Waals surface area contributed by atoms with E-state index in [-0.39, 0.29) is 24.0 Å². The number of aryl methyl sites for hydroxylation is 1. The molecular formula is C18H26BrIN6O. The molecule has 1 aromatic heterocycles. The number of guanidine groups is 1. The molecule has 27 heavy (non-hydrogen) atoms. The largest absolute Gasteiger partial charge is 0.349 e. The van der Waals surface area contributed by atoms with Gasteiger partial charge in [0.25, 0.3) is 0 Å². The van der Waals surface area contributed by atoms with Gasteiger partial charge in [0.2, 0.25) is 5.89 Å². The van der Waals surface area contributed by atoms with Gasteiger partial charge >= 0.3 is 0 Å². The zero-order chi connectivity index (χ0) is 18.5. The summed E-state index contributed by atoms with van der Waals surface area (Å²) in [5.74, 6) is 2.10. The molecule has 0 spiro atoms. The van der Waals surface area contributed by atoms with E-state index in [1.807, 2.05) is 0 Å². The number of hydrogen-bond acceptors (Lipinski definition) is 5. The van der Waals surface area contributed by atoms with Gasteiger partial charge in [0.1, 0.15) is 0 Å². The Balaban J connectivity index is 0.00000261. The van der Waals surface area contributed by atoms with E-state index in [9.17, 15) is 0 Å². The first kappa shape index (κ1) is 22.1. The zero-order valence-electron chi connectivity index (χ0n) is 15.9. The van der Waals surface area contributed by atoms with Crippen molar-refractivity contribution in [3.63, 3.8) is 0 Å². The van der Waals surface area contributed by atoms with E-state index in [1.165, 1.54) is 5.56 Å². The van der Waals surface area contributed by atoms with Gasteiger partial charge in [0.15, 0.2) is 11.8 Å². The van der Waals surface area contributed by atoms with Gasteiger partial charge in [-0.25, -0.2) is 0 Å². The van der Waals surface area contributed by atoms with Crippen molar-refractivity contribution in [1.29, 1.82) is 0 Å². The van der Waals surface area contributed by atoms with E-state index in [1.54, 1.807) is 14.0 Å². The van der Waals surface area contributed by atoms with E-state index in [4.69, 9.17) is 4.52 Å². The molecular weight excluding hydrogens is 523 g/mol. The molecule has 1 N–H and O–H groups in total. The van der Waals surface area contributed by atoms with E-state index in [0.717, 1.165) is 36.6 Å². The summed E-state index contributed by atoms with van der Waals surface area (Å²) in [6.45, 7) is 8.44. The molecule has 0 saturated carbocycles. The number of aromatic nitrogens is 2. The molecule has 1 unspecified atom stereocenters. The van der Waals surface area contributed by atoms with Crippen LogP contribution in [0.1, 0.15) is 30.2 Å². The van der Waals surface area contributed by atoms with Gasteiger partial charge in [0.05, 0.1) is 6.54 Å². The minimum atomic E-state index is 0. The molecule has 1 aromatic carbocycles. The summed E-state index contributed by atoms with van der Waals surface area (Å²) >= 11 is 3.50. The Labute approximate surface area is 185 Å². The Bertz CT molecular complexity index is 743. The molecule has 3 rings (SSSR count). The van der Waals surface area contributed by atoms with Crippen molar-refractivity contribution in [3.8, 4) is 0 Å².